The largest absolute Gasteiger partial charge is 0.468 e. The number of nitrogens with one attached hydrogen (secondary N) is 1. The van der Waals surface area contributed by atoms with Crippen molar-refractivity contribution in [1.82, 2.24) is 30.0 Å². The molecule has 2 aromatic carbocycles. The Balaban J connectivity index is 1.31. The summed E-state index contributed by atoms with van der Waals surface area (Å²) < 4.78 is 50.8. The van der Waals surface area contributed by atoms with Gasteiger partial charge in [0.05, 0.1) is 17.8 Å². The van der Waals surface area contributed by atoms with E-state index in [9.17, 15) is 22.8 Å². The molecule has 0 radical (unpaired) electrons. The lowest BCUT2D eigenvalue weighted by Gasteiger charge is -2.20. The molecular weight excluding hydrogens is 621 g/mol. The van der Waals surface area contributed by atoms with Gasteiger partial charge in [-0.2, -0.15) is 0 Å². The summed E-state index contributed by atoms with van der Waals surface area (Å²) in [6.07, 6.45) is 8.35. The highest BCUT2D eigenvalue weighted by molar-refractivity contribution is 5.95. The summed E-state index contributed by atoms with van der Waals surface area (Å²) in [4.78, 5) is 39.3. The summed E-state index contributed by atoms with van der Waals surface area (Å²) in [6.45, 7) is 0.0963. The summed E-state index contributed by atoms with van der Waals surface area (Å²) >= 11 is 0. The number of ether oxygens (including phenoxy) is 1. The van der Waals surface area contributed by atoms with Crippen molar-refractivity contribution in [3.05, 3.63) is 125 Å². The van der Waals surface area contributed by atoms with E-state index < -0.39 is 29.3 Å². The number of rotatable bonds is 12. The minimum Gasteiger partial charge on any atom is -0.468 e. The molecule has 0 bridgehead atoms. The van der Waals surface area contributed by atoms with E-state index in [1.807, 2.05) is 0 Å². The molecule has 3 heterocycles. The van der Waals surface area contributed by atoms with Crippen LogP contribution in [0, 0.1) is 17.5 Å². The van der Waals surface area contributed by atoms with Crippen molar-refractivity contribution < 1.29 is 27.5 Å². The van der Waals surface area contributed by atoms with Crippen LogP contribution in [0.1, 0.15) is 63.9 Å². The Morgan fingerprint density at radius 2 is 1.69 bits per heavy atom. The van der Waals surface area contributed by atoms with Gasteiger partial charge in [-0.25, -0.2) is 23.1 Å². The number of fused-ring (bicyclic) bond motifs is 1. The van der Waals surface area contributed by atoms with Crippen LogP contribution in [-0.4, -0.2) is 43.5 Å². The third kappa shape index (κ3) is 7.43. The topological polar surface area (TPSA) is 112 Å². The van der Waals surface area contributed by atoms with Crippen molar-refractivity contribution in [3.63, 3.8) is 0 Å². The Hall–Kier alpha value is -5.39. The number of halogens is 3. The number of aromatic nitrogens is 5. The molecule has 0 aliphatic heterocycles. The van der Waals surface area contributed by atoms with Gasteiger partial charge in [-0.1, -0.05) is 12.1 Å². The van der Waals surface area contributed by atoms with Crippen LogP contribution in [0.2, 0.25) is 0 Å². The van der Waals surface area contributed by atoms with Crippen molar-refractivity contribution in [3.8, 4) is 17.0 Å². The fourth-order valence-electron chi connectivity index (χ4n) is 6.19. The predicted octanol–water partition coefficient (Wildman–Crippen LogP) is 5.96. The van der Waals surface area contributed by atoms with Crippen molar-refractivity contribution >= 4 is 11.7 Å². The van der Waals surface area contributed by atoms with Gasteiger partial charge >= 0.3 is 0 Å². The SMILES string of the molecule is CNC(=O)c1cc(-c2cccnc2[C@@H](CC(=O)Cn2nc(OCc3ncccn3)c3c2CCCC3)Cc2cc(F)cc(F)c2)ccc1F. The van der Waals surface area contributed by atoms with E-state index >= 15 is 0 Å². The van der Waals surface area contributed by atoms with Gasteiger partial charge in [-0.15, -0.1) is 5.10 Å². The normalized spacial score (nSPS) is 13.1. The maximum absolute atomic E-state index is 14.6. The third-order valence-corrected chi connectivity index (χ3v) is 8.36. The molecule has 1 atom stereocenters. The van der Waals surface area contributed by atoms with Gasteiger partial charge in [0.1, 0.15) is 24.1 Å². The molecule has 246 valence electrons. The highest BCUT2D eigenvalue weighted by Crippen LogP contribution is 2.34. The van der Waals surface area contributed by atoms with Gasteiger partial charge in [-0.05, 0) is 79.6 Å². The molecule has 0 unspecified atom stereocenters. The summed E-state index contributed by atoms with van der Waals surface area (Å²) in [5.41, 5.74) is 3.64. The summed E-state index contributed by atoms with van der Waals surface area (Å²) in [5, 5.41) is 7.11. The minimum absolute atomic E-state index is 0.0334. The van der Waals surface area contributed by atoms with Crippen molar-refractivity contribution in [2.45, 2.75) is 57.6 Å². The first-order valence-corrected chi connectivity index (χ1v) is 15.7. The van der Waals surface area contributed by atoms with Crippen LogP contribution >= 0.6 is 0 Å². The van der Waals surface area contributed by atoms with Gasteiger partial charge in [0.25, 0.3) is 5.91 Å². The van der Waals surface area contributed by atoms with Crippen molar-refractivity contribution in [2.75, 3.05) is 7.05 Å². The highest BCUT2D eigenvalue weighted by Gasteiger charge is 2.27. The summed E-state index contributed by atoms with van der Waals surface area (Å²) in [7, 11) is 1.41. The number of carbonyl (C=O) groups is 2. The Bertz CT molecular complexity index is 1930. The second-order valence-corrected chi connectivity index (χ2v) is 11.7. The lowest BCUT2D eigenvalue weighted by Crippen LogP contribution is -2.20. The zero-order valence-corrected chi connectivity index (χ0v) is 26.3. The first-order chi connectivity index (χ1) is 23.3. The highest BCUT2D eigenvalue weighted by atomic mass is 19.1. The lowest BCUT2D eigenvalue weighted by atomic mass is 9.86. The van der Waals surface area contributed by atoms with E-state index in [-0.39, 0.29) is 37.3 Å². The molecule has 0 fully saturated rings. The van der Waals surface area contributed by atoms with Gasteiger partial charge in [-0.3, -0.25) is 19.3 Å². The first kappa shape index (κ1) is 32.5. The smallest absolute Gasteiger partial charge is 0.254 e. The molecule has 48 heavy (non-hydrogen) atoms. The molecule has 1 amide bonds. The quantitative estimate of drug-likeness (QED) is 0.177. The molecule has 5 aromatic rings. The molecule has 9 nitrogen and oxygen atoms in total. The van der Waals surface area contributed by atoms with E-state index in [0.29, 0.717) is 34.1 Å². The molecule has 0 spiro atoms. The lowest BCUT2D eigenvalue weighted by molar-refractivity contribution is -0.120. The van der Waals surface area contributed by atoms with Gasteiger partial charge in [0.2, 0.25) is 5.88 Å². The van der Waals surface area contributed by atoms with Gasteiger partial charge < -0.3 is 10.1 Å². The molecule has 6 rings (SSSR count). The average molecular weight is 655 g/mol. The van der Waals surface area contributed by atoms with Crippen LogP contribution < -0.4 is 10.1 Å². The number of hydrogen-bond acceptors (Lipinski definition) is 7. The fourth-order valence-corrected chi connectivity index (χ4v) is 6.19. The van der Waals surface area contributed by atoms with E-state index in [4.69, 9.17) is 4.74 Å². The number of carbonyl (C=O) groups excluding carboxylic acids is 2. The van der Waals surface area contributed by atoms with E-state index in [1.165, 1.54) is 37.4 Å². The monoisotopic (exact) mass is 654 g/mol. The molecule has 3 aromatic heterocycles. The van der Waals surface area contributed by atoms with Crippen molar-refractivity contribution in [2.24, 2.45) is 0 Å². The molecule has 1 aliphatic rings. The Morgan fingerprint density at radius 3 is 2.46 bits per heavy atom. The second kappa shape index (κ2) is 14.6. The molecule has 1 N–H and O–H groups in total. The summed E-state index contributed by atoms with van der Waals surface area (Å²) in [6, 6.07) is 12.6. The Kier molecular flexibility index (Phi) is 9.88. The number of nitrogens with zero attached hydrogens (tertiary/aromatic N) is 5. The number of hydrogen-bond donors (Lipinski definition) is 1. The van der Waals surface area contributed by atoms with Gasteiger partial charge in [0, 0.05) is 60.9 Å². The van der Waals surface area contributed by atoms with Crippen LogP contribution in [0.15, 0.2) is 73.2 Å². The van der Waals surface area contributed by atoms with Crippen LogP contribution in [-0.2, 0) is 37.2 Å². The van der Waals surface area contributed by atoms with Crippen molar-refractivity contribution in [1.29, 1.82) is 0 Å². The molecule has 1 aliphatic carbocycles. The number of ketones is 1. The van der Waals surface area contributed by atoms with Crippen LogP contribution in [0.3, 0.4) is 0 Å². The zero-order chi connectivity index (χ0) is 33.6. The zero-order valence-electron chi connectivity index (χ0n) is 26.3. The van der Waals surface area contributed by atoms with Crippen LogP contribution in [0.5, 0.6) is 5.88 Å². The van der Waals surface area contributed by atoms with E-state index in [0.717, 1.165) is 43.0 Å². The molecular formula is C36H33F3N6O3. The molecule has 12 heteroatoms. The second-order valence-electron chi connectivity index (χ2n) is 11.7. The predicted molar refractivity (Wildman–Crippen MR) is 171 cm³/mol. The third-order valence-electron chi connectivity index (χ3n) is 8.36. The molecule has 0 saturated heterocycles. The van der Waals surface area contributed by atoms with Crippen LogP contribution in [0.4, 0.5) is 13.2 Å². The standard InChI is InChI=1S/C36H33F3N6O3/c1-40-35(47)30-18-23(9-10-31(30)39)28-7-4-11-43-34(28)24(14-22-15-25(37)19-26(38)16-22)17-27(46)20-45-32-8-3-2-6-29(32)36(44-45)48-21-33-41-12-5-13-42-33/h4-5,7,9-13,15-16,18-19,24H,2-3,6,8,14,17,20-21H2,1H3,(H,40,47)/t24-/m1/s1. The number of benzene rings is 2. The van der Waals surface area contributed by atoms with Gasteiger partial charge in [0.15, 0.2) is 11.6 Å². The Labute approximate surface area is 275 Å². The number of pyridine rings is 1. The van der Waals surface area contributed by atoms with Crippen LogP contribution in [0.25, 0.3) is 11.1 Å². The first-order valence-electron chi connectivity index (χ1n) is 15.7. The fraction of sp³-hybridized carbons (Fsp3) is 0.278. The van der Waals surface area contributed by atoms with E-state index in [2.05, 4.69) is 25.4 Å². The van der Waals surface area contributed by atoms with E-state index in [1.54, 1.807) is 41.5 Å². The minimum atomic E-state index is -0.735. The average Bonchev–Trinajstić information content (AvgIpc) is 3.43. The maximum atomic E-state index is 14.6. The number of amides is 1. The number of Topliss-reactive ketones (excluding diaryl/α,β-unsaturated/α-hetero) is 1. The molecule has 0 saturated carbocycles. The maximum Gasteiger partial charge on any atom is 0.254 e. The summed E-state index contributed by atoms with van der Waals surface area (Å²) in [5.74, 6) is -2.58. The Morgan fingerprint density at radius 1 is 0.938 bits per heavy atom.